The molecule has 0 bridgehead atoms. The minimum Gasteiger partial charge on any atom is -0.463 e. The molecule has 1 fully saturated rings. The second-order valence-corrected chi connectivity index (χ2v) is 7.21. The molecule has 0 saturated carbocycles. The highest BCUT2D eigenvalue weighted by Gasteiger charge is 2.53. The Bertz CT molecular complexity index is 916. The van der Waals surface area contributed by atoms with Crippen molar-refractivity contribution in [2.45, 2.75) is 64.6 Å². The van der Waals surface area contributed by atoms with Crippen molar-refractivity contribution in [2.75, 3.05) is 6.61 Å². The van der Waals surface area contributed by atoms with Crippen molar-refractivity contribution in [2.24, 2.45) is 0 Å². The van der Waals surface area contributed by atoms with Crippen molar-refractivity contribution in [3.05, 3.63) is 29.8 Å². The first kappa shape index (κ1) is 26.9. The number of esters is 4. The summed E-state index contributed by atoms with van der Waals surface area (Å²) in [5, 5.41) is 0. The maximum absolute atomic E-state index is 13.1. The zero-order valence-corrected chi connectivity index (χ0v) is 18.6. The van der Waals surface area contributed by atoms with E-state index in [4.69, 9.17) is 28.4 Å². The number of carbonyl (C=O) groups is 4. The summed E-state index contributed by atoms with van der Waals surface area (Å²) in [5.74, 6) is -3.58. The molecule has 0 aromatic heterocycles. The van der Waals surface area contributed by atoms with Crippen LogP contribution < -0.4 is 4.74 Å². The van der Waals surface area contributed by atoms with Crippen LogP contribution in [-0.4, -0.2) is 61.2 Å². The molecule has 0 unspecified atom stereocenters. The lowest BCUT2D eigenvalue weighted by Gasteiger charge is -2.43. The zero-order valence-electron chi connectivity index (χ0n) is 18.6. The average Bonchev–Trinajstić information content (AvgIpc) is 2.69. The van der Waals surface area contributed by atoms with Gasteiger partial charge < -0.3 is 28.4 Å². The zero-order chi connectivity index (χ0) is 25.6. The Labute approximate surface area is 192 Å². The van der Waals surface area contributed by atoms with Crippen LogP contribution in [-0.2, 0) is 49.0 Å². The third-order valence-electron chi connectivity index (χ3n) is 4.36. The summed E-state index contributed by atoms with van der Waals surface area (Å²) < 4.78 is 71.0. The largest absolute Gasteiger partial charge is 0.463 e. The molecule has 13 heteroatoms. The monoisotopic (exact) mass is 492 g/mol. The molecule has 1 aliphatic rings. The molecule has 1 aromatic carbocycles. The van der Waals surface area contributed by atoms with Crippen molar-refractivity contribution >= 4 is 23.9 Å². The summed E-state index contributed by atoms with van der Waals surface area (Å²) in [6, 6.07) is 3.79. The number of carbonyl (C=O) groups excluding carboxylic acids is 4. The average molecular weight is 492 g/mol. The van der Waals surface area contributed by atoms with Gasteiger partial charge in [0.2, 0.25) is 12.4 Å². The van der Waals surface area contributed by atoms with E-state index >= 15 is 0 Å². The van der Waals surface area contributed by atoms with E-state index in [-0.39, 0.29) is 5.75 Å². The highest BCUT2D eigenvalue weighted by Crippen LogP contribution is 2.34. The van der Waals surface area contributed by atoms with Crippen LogP contribution >= 0.6 is 0 Å². The van der Waals surface area contributed by atoms with Gasteiger partial charge in [-0.2, -0.15) is 13.2 Å². The molecular weight excluding hydrogens is 469 g/mol. The van der Waals surface area contributed by atoms with E-state index in [9.17, 15) is 32.3 Å². The number of hydrogen-bond acceptors (Lipinski definition) is 10. The Hall–Kier alpha value is -3.35. The van der Waals surface area contributed by atoms with Gasteiger partial charge in [0, 0.05) is 27.7 Å². The first-order valence-corrected chi connectivity index (χ1v) is 9.92. The molecule has 0 radical (unpaired) electrons. The molecule has 1 heterocycles. The summed E-state index contributed by atoms with van der Waals surface area (Å²) in [5.41, 5.74) is -1.02. The van der Waals surface area contributed by atoms with Crippen LogP contribution in [0.25, 0.3) is 0 Å². The summed E-state index contributed by atoms with van der Waals surface area (Å²) in [6.45, 7) is 3.72. The molecule has 0 spiro atoms. The molecule has 1 aliphatic heterocycles. The normalized spacial score (nSPS) is 24.5. The molecule has 0 amide bonds. The van der Waals surface area contributed by atoms with Gasteiger partial charge in [-0.3, -0.25) is 19.2 Å². The van der Waals surface area contributed by atoms with Gasteiger partial charge >= 0.3 is 30.1 Å². The second kappa shape index (κ2) is 11.2. The van der Waals surface area contributed by atoms with Crippen LogP contribution in [0.1, 0.15) is 33.3 Å². The van der Waals surface area contributed by atoms with Gasteiger partial charge in [-0.15, -0.1) is 0 Å². The first-order valence-electron chi connectivity index (χ1n) is 9.92. The van der Waals surface area contributed by atoms with E-state index in [0.717, 1.165) is 39.8 Å². The first-order chi connectivity index (χ1) is 15.8. The number of ether oxygens (including phenoxy) is 6. The Morgan fingerprint density at radius 1 is 0.853 bits per heavy atom. The quantitative estimate of drug-likeness (QED) is 0.413. The highest BCUT2D eigenvalue weighted by molar-refractivity contribution is 5.68. The predicted octanol–water partition coefficient (Wildman–Crippen LogP) is 2.17. The standard InChI is InChI=1S/C21H23F3O10/c1-10(25)29-9-16-17(30-11(2)26)18(31-12(3)27)19(32-13(4)28)20(34-16)33-15-7-5-6-14(8-15)21(22,23)24/h5-8,16-20H,9H2,1-4H3/t16-,17+,18+,19-,20-/m1/s1. The summed E-state index contributed by atoms with van der Waals surface area (Å²) >= 11 is 0. The number of alkyl halides is 3. The number of benzene rings is 1. The fourth-order valence-corrected chi connectivity index (χ4v) is 3.16. The maximum Gasteiger partial charge on any atom is 0.416 e. The Morgan fingerprint density at radius 2 is 1.41 bits per heavy atom. The number of halogens is 3. The fourth-order valence-electron chi connectivity index (χ4n) is 3.16. The van der Waals surface area contributed by atoms with Crippen LogP contribution in [0.5, 0.6) is 5.75 Å². The Balaban J connectivity index is 2.48. The molecular formula is C21H23F3O10. The predicted molar refractivity (Wildman–Crippen MR) is 104 cm³/mol. The van der Waals surface area contributed by atoms with Gasteiger partial charge in [-0.05, 0) is 18.2 Å². The van der Waals surface area contributed by atoms with Crippen LogP contribution in [0.15, 0.2) is 24.3 Å². The van der Waals surface area contributed by atoms with E-state index in [1.807, 2.05) is 0 Å². The highest BCUT2D eigenvalue weighted by atomic mass is 19.4. The third kappa shape index (κ3) is 7.61. The van der Waals surface area contributed by atoms with Crippen molar-refractivity contribution in [3.8, 4) is 5.75 Å². The molecule has 2 rings (SSSR count). The molecule has 1 aromatic rings. The van der Waals surface area contributed by atoms with Gasteiger partial charge in [0.1, 0.15) is 18.5 Å². The second-order valence-electron chi connectivity index (χ2n) is 7.21. The molecule has 1 saturated heterocycles. The van der Waals surface area contributed by atoms with Crippen LogP contribution in [0, 0.1) is 0 Å². The van der Waals surface area contributed by atoms with Crippen LogP contribution in [0.2, 0.25) is 0 Å². The van der Waals surface area contributed by atoms with Gasteiger partial charge in [-0.1, -0.05) is 6.07 Å². The molecule has 0 aliphatic carbocycles. The van der Waals surface area contributed by atoms with E-state index in [2.05, 4.69) is 0 Å². The van der Waals surface area contributed by atoms with Crippen molar-refractivity contribution in [1.82, 2.24) is 0 Å². The summed E-state index contributed by atoms with van der Waals surface area (Å²) in [7, 11) is 0. The lowest BCUT2D eigenvalue weighted by Crippen LogP contribution is -2.63. The molecule has 5 atom stereocenters. The van der Waals surface area contributed by atoms with Crippen molar-refractivity contribution < 1.29 is 60.8 Å². The Morgan fingerprint density at radius 3 is 1.94 bits per heavy atom. The number of rotatable bonds is 7. The minimum absolute atomic E-state index is 0.310. The maximum atomic E-state index is 13.1. The molecule has 34 heavy (non-hydrogen) atoms. The lowest BCUT2D eigenvalue weighted by molar-refractivity contribution is -0.288. The molecule has 10 nitrogen and oxygen atoms in total. The van der Waals surface area contributed by atoms with E-state index < -0.39 is 72.9 Å². The van der Waals surface area contributed by atoms with Gasteiger partial charge in [0.25, 0.3) is 0 Å². The van der Waals surface area contributed by atoms with Crippen molar-refractivity contribution in [1.29, 1.82) is 0 Å². The molecule has 188 valence electrons. The van der Waals surface area contributed by atoms with Crippen LogP contribution in [0.3, 0.4) is 0 Å². The van der Waals surface area contributed by atoms with Gasteiger partial charge in [0.15, 0.2) is 12.2 Å². The minimum atomic E-state index is -4.67. The van der Waals surface area contributed by atoms with Gasteiger partial charge in [0.05, 0.1) is 5.56 Å². The Kier molecular flexibility index (Phi) is 8.85. The lowest BCUT2D eigenvalue weighted by atomic mass is 9.98. The van der Waals surface area contributed by atoms with E-state index in [0.29, 0.717) is 6.07 Å². The number of hydrogen-bond donors (Lipinski definition) is 0. The smallest absolute Gasteiger partial charge is 0.416 e. The summed E-state index contributed by atoms with van der Waals surface area (Å²) in [4.78, 5) is 46.5. The van der Waals surface area contributed by atoms with Gasteiger partial charge in [-0.25, -0.2) is 0 Å². The molecule has 0 N–H and O–H groups in total. The van der Waals surface area contributed by atoms with Crippen LogP contribution in [0.4, 0.5) is 13.2 Å². The summed E-state index contributed by atoms with van der Waals surface area (Å²) in [6.07, 6.45) is -12.1. The van der Waals surface area contributed by atoms with Crippen molar-refractivity contribution in [3.63, 3.8) is 0 Å². The van der Waals surface area contributed by atoms with E-state index in [1.165, 1.54) is 6.07 Å². The topological polar surface area (TPSA) is 124 Å². The SMILES string of the molecule is CC(=O)OC[C@H]1O[C@@H](Oc2cccc(C(F)(F)F)c2)[C@H](OC(C)=O)[C@@H](OC(C)=O)[C@H]1OC(C)=O. The van der Waals surface area contributed by atoms with E-state index in [1.54, 1.807) is 0 Å². The fraction of sp³-hybridized carbons (Fsp3) is 0.524. The third-order valence-corrected chi connectivity index (χ3v) is 4.36.